The van der Waals surface area contributed by atoms with E-state index in [1.54, 1.807) is 0 Å². The van der Waals surface area contributed by atoms with Gasteiger partial charge in [-0.3, -0.25) is 0 Å². The van der Waals surface area contributed by atoms with Gasteiger partial charge in [-0.2, -0.15) is 39.5 Å². The Morgan fingerprint density at radius 2 is 1.19 bits per heavy atom. The van der Waals surface area contributed by atoms with Gasteiger partial charge in [0.05, 0.1) is 0 Å². The number of rotatable bonds is 6. The largest absolute Gasteiger partial charge is 1.00 e. The average molecular weight is 348 g/mol. The second kappa shape index (κ2) is 6.55. The van der Waals surface area contributed by atoms with Gasteiger partial charge in [-0.25, -0.2) is 8.42 Å². The molecular formula is C7H6F9LiO3S. The quantitative estimate of drug-likeness (QED) is 0.390. The zero-order chi connectivity index (χ0) is 16.6. The minimum Gasteiger partial charge on any atom is -0.743 e. The molecule has 0 bridgehead atoms. The summed E-state index contributed by atoms with van der Waals surface area (Å²) in [4.78, 5) is 0. The molecule has 14 heteroatoms. The number of alkyl halides is 9. The Morgan fingerprint density at radius 1 is 0.810 bits per heavy atom. The maximum Gasteiger partial charge on any atom is 1.00 e. The molecule has 0 atom stereocenters. The third-order valence-corrected chi connectivity index (χ3v) is 2.97. The van der Waals surface area contributed by atoms with E-state index < -0.39 is 52.7 Å². The first-order valence-electron chi connectivity index (χ1n) is 4.61. The van der Waals surface area contributed by atoms with Crippen LogP contribution in [0.3, 0.4) is 0 Å². The second-order valence-corrected chi connectivity index (χ2v) is 5.14. The Kier molecular flexibility index (Phi) is 7.22. The summed E-state index contributed by atoms with van der Waals surface area (Å²) >= 11 is 0. The molecule has 3 nitrogen and oxygen atoms in total. The van der Waals surface area contributed by atoms with Crippen molar-refractivity contribution in [1.29, 1.82) is 0 Å². The summed E-state index contributed by atoms with van der Waals surface area (Å²) in [7, 11) is -7.13. The van der Waals surface area contributed by atoms with Crippen molar-refractivity contribution in [2.75, 3.05) is 0 Å². The van der Waals surface area contributed by atoms with Gasteiger partial charge >= 0.3 is 42.1 Å². The first-order chi connectivity index (χ1) is 8.46. The van der Waals surface area contributed by atoms with Crippen LogP contribution in [0.25, 0.3) is 0 Å². The van der Waals surface area contributed by atoms with Crippen LogP contribution in [-0.4, -0.2) is 36.2 Å². The molecule has 0 aliphatic carbocycles. The van der Waals surface area contributed by atoms with Crippen LogP contribution in [0.15, 0.2) is 0 Å². The number of hydrogen-bond donors (Lipinski definition) is 0. The maximum atomic E-state index is 12.8. The molecule has 0 saturated heterocycles. The summed E-state index contributed by atoms with van der Waals surface area (Å²) in [5, 5.41) is -6.65. The monoisotopic (exact) mass is 348 g/mol. The molecule has 0 saturated carbocycles. The van der Waals surface area contributed by atoms with Gasteiger partial charge in [0.2, 0.25) is 0 Å². The number of halogens is 9. The van der Waals surface area contributed by atoms with Crippen molar-refractivity contribution in [1.82, 2.24) is 0 Å². The van der Waals surface area contributed by atoms with Crippen molar-refractivity contribution in [2.24, 2.45) is 0 Å². The van der Waals surface area contributed by atoms with E-state index in [-0.39, 0.29) is 18.9 Å². The molecule has 0 fully saturated rings. The van der Waals surface area contributed by atoms with Gasteiger partial charge in [-0.05, 0) is 6.42 Å². The fraction of sp³-hybridized carbons (Fsp3) is 1.00. The van der Waals surface area contributed by atoms with Gasteiger partial charge in [-0.15, -0.1) is 0 Å². The standard InChI is InChI=1S/C7H7F9O3S.Li/c8-4(9,2-1-3-5(10,11)12)6(13,14)7(15,16)20(17,18)19;/h1-3H2,(H,17,18,19);/q;+1/p-1. The second-order valence-electron chi connectivity index (χ2n) is 3.72. The predicted molar refractivity (Wildman–Crippen MR) is 44.4 cm³/mol. The Labute approximate surface area is 124 Å². The van der Waals surface area contributed by atoms with Crippen LogP contribution in [0.5, 0.6) is 0 Å². The van der Waals surface area contributed by atoms with Crippen molar-refractivity contribution in [3.63, 3.8) is 0 Å². The molecule has 0 unspecified atom stereocenters. The molecule has 0 N–H and O–H groups in total. The molecule has 0 rings (SSSR count). The normalized spacial score (nSPS) is 14.8. The summed E-state index contributed by atoms with van der Waals surface area (Å²) in [6.07, 6.45) is -11.0. The van der Waals surface area contributed by atoms with E-state index in [0.29, 0.717) is 0 Å². The molecule has 0 amide bonds. The maximum absolute atomic E-state index is 12.8. The van der Waals surface area contributed by atoms with Crippen molar-refractivity contribution in [3.05, 3.63) is 0 Å². The summed E-state index contributed by atoms with van der Waals surface area (Å²) in [6, 6.07) is 0. The Hall–Kier alpha value is -0.123. The molecule has 0 radical (unpaired) electrons. The first kappa shape index (κ1) is 23.1. The third-order valence-electron chi connectivity index (χ3n) is 2.09. The van der Waals surface area contributed by atoms with Crippen LogP contribution in [0.1, 0.15) is 19.3 Å². The van der Waals surface area contributed by atoms with Gasteiger partial charge in [0, 0.05) is 12.8 Å². The zero-order valence-corrected chi connectivity index (χ0v) is 11.0. The third kappa shape index (κ3) is 5.22. The van der Waals surface area contributed by atoms with Gasteiger partial charge in [0.15, 0.2) is 10.1 Å². The molecule has 122 valence electrons. The number of hydrogen-bond acceptors (Lipinski definition) is 3. The van der Waals surface area contributed by atoms with Gasteiger partial charge < -0.3 is 4.55 Å². The predicted octanol–water partition coefficient (Wildman–Crippen LogP) is 0.132. The molecule has 0 heterocycles. The summed E-state index contributed by atoms with van der Waals surface area (Å²) < 4.78 is 141. The van der Waals surface area contributed by atoms with Crippen LogP contribution >= 0.6 is 0 Å². The minimum atomic E-state index is -7.13. The van der Waals surface area contributed by atoms with Gasteiger partial charge in [0.1, 0.15) is 0 Å². The fourth-order valence-corrected chi connectivity index (χ4v) is 1.50. The summed E-state index contributed by atoms with van der Waals surface area (Å²) in [6.45, 7) is 0. The van der Waals surface area contributed by atoms with Gasteiger partial charge in [-0.1, -0.05) is 0 Å². The Morgan fingerprint density at radius 3 is 1.48 bits per heavy atom. The average Bonchev–Trinajstić information content (AvgIpc) is 2.12. The zero-order valence-electron chi connectivity index (χ0n) is 10.2. The van der Waals surface area contributed by atoms with Crippen LogP contribution < -0.4 is 18.9 Å². The van der Waals surface area contributed by atoms with E-state index >= 15 is 0 Å². The van der Waals surface area contributed by atoms with Crippen molar-refractivity contribution in [2.45, 2.75) is 42.5 Å². The van der Waals surface area contributed by atoms with E-state index in [2.05, 4.69) is 0 Å². The van der Waals surface area contributed by atoms with Crippen molar-refractivity contribution in [3.8, 4) is 0 Å². The van der Waals surface area contributed by atoms with E-state index in [9.17, 15) is 52.5 Å². The summed E-state index contributed by atoms with van der Waals surface area (Å²) in [5.74, 6) is -12.4. The van der Waals surface area contributed by atoms with E-state index in [4.69, 9.17) is 0 Å². The summed E-state index contributed by atoms with van der Waals surface area (Å²) in [5.41, 5.74) is 0. The van der Waals surface area contributed by atoms with Crippen molar-refractivity contribution >= 4 is 10.1 Å². The molecule has 0 aliphatic rings. The van der Waals surface area contributed by atoms with Crippen LogP contribution in [-0.2, 0) is 10.1 Å². The molecule has 0 spiro atoms. The Bertz CT molecular complexity index is 445. The molecule has 0 aromatic rings. The topological polar surface area (TPSA) is 57.2 Å². The molecule has 0 aromatic heterocycles. The molecule has 0 aromatic carbocycles. The van der Waals surface area contributed by atoms with Crippen molar-refractivity contribution < 1.29 is 71.3 Å². The Balaban J connectivity index is 0. The van der Waals surface area contributed by atoms with Crippen LogP contribution in [0.2, 0.25) is 0 Å². The fourth-order valence-electron chi connectivity index (χ4n) is 1.04. The van der Waals surface area contributed by atoms with E-state index in [1.807, 2.05) is 0 Å². The molecule has 21 heavy (non-hydrogen) atoms. The molecule has 0 aliphatic heterocycles. The minimum absolute atomic E-state index is 0. The smallest absolute Gasteiger partial charge is 0.743 e. The van der Waals surface area contributed by atoms with E-state index in [0.717, 1.165) is 0 Å². The first-order valence-corrected chi connectivity index (χ1v) is 6.02. The van der Waals surface area contributed by atoms with E-state index in [1.165, 1.54) is 0 Å². The SMILES string of the molecule is O=S(=O)([O-])C(F)(F)C(F)(F)C(F)(F)CCCC(F)(F)F.[Li+]. The van der Waals surface area contributed by atoms with Gasteiger partial charge in [0.25, 0.3) is 0 Å². The molecular weight excluding hydrogens is 342 g/mol. The van der Waals surface area contributed by atoms with Crippen LogP contribution in [0.4, 0.5) is 39.5 Å². The van der Waals surface area contributed by atoms with Crippen LogP contribution in [0, 0.1) is 0 Å².